The average Bonchev–Trinajstić information content (AvgIpc) is 2.55. The van der Waals surface area contributed by atoms with Gasteiger partial charge in [-0.2, -0.15) is 0 Å². The minimum absolute atomic E-state index is 0.0741. The summed E-state index contributed by atoms with van der Waals surface area (Å²) in [6.45, 7) is 1.06. The third kappa shape index (κ3) is 4.84. The molecule has 0 aliphatic carbocycles. The molecule has 0 saturated heterocycles. The van der Waals surface area contributed by atoms with E-state index in [0.717, 1.165) is 0 Å². The van der Waals surface area contributed by atoms with E-state index in [1.54, 1.807) is 13.0 Å². The summed E-state index contributed by atoms with van der Waals surface area (Å²) >= 11 is 11.9. The maximum atomic E-state index is 13.4. The van der Waals surface area contributed by atoms with Gasteiger partial charge in [0.2, 0.25) is 0 Å². The van der Waals surface area contributed by atoms with Gasteiger partial charge in [0.05, 0.1) is 22.7 Å². The molecule has 2 rings (SSSR count). The second kappa shape index (κ2) is 8.18. The predicted molar refractivity (Wildman–Crippen MR) is 93.1 cm³/mol. The van der Waals surface area contributed by atoms with Crippen molar-refractivity contribution >= 4 is 40.8 Å². The van der Waals surface area contributed by atoms with Crippen LogP contribution in [-0.4, -0.2) is 25.6 Å². The number of benzene rings is 2. The Morgan fingerprint density at radius 1 is 1.16 bits per heavy atom. The molecule has 0 saturated carbocycles. The van der Waals surface area contributed by atoms with Crippen LogP contribution in [0.2, 0.25) is 10.0 Å². The molecule has 0 aliphatic heterocycles. The average molecular weight is 386 g/mol. The van der Waals surface area contributed by atoms with Crippen molar-refractivity contribution in [3.8, 4) is 5.75 Å². The monoisotopic (exact) mass is 385 g/mol. The summed E-state index contributed by atoms with van der Waals surface area (Å²) in [6.07, 6.45) is 0. The Balaban J connectivity index is 1.97. The first kappa shape index (κ1) is 19.0. The Hall–Kier alpha value is -2.31. The van der Waals surface area contributed by atoms with E-state index in [0.29, 0.717) is 5.56 Å². The van der Waals surface area contributed by atoms with E-state index >= 15 is 0 Å². The lowest BCUT2D eigenvalue weighted by Gasteiger charge is -2.09. The van der Waals surface area contributed by atoms with E-state index in [4.69, 9.17) is 32.7 Å². The molecule has 0 heterocycles. The third-order valence-corrected chi connectivity index (χ3v) is 3.79. The molecular formula is C17H14Cl2FNO4. The SMILES string of the molecule is COc1c(Cl)cc(C(=O)OCC(=O)Nc2ccc(C)c(F)c2)cc1Cl. The Bertz CT molecular complexity index is 803. The molecule has 0 aliphatic rings. The van der Waals surface area contributed by atoms with Crippen molar-refractivity contribution in [2.45, 2.75) is 6.92 Å². The third-order valence-electron chi connectivity index (χ3n) is 3.23. The Kier molecular flexibility index (Phi) is 6.22. The first-order valence-corrected chi connectivity index (χ1v) is 7.83. The molecule has 1 N–H and O–H groups in total. The number of hydrogen-bond donors (Lipinski definition) is 1. The molecule has 8 heteroatoms. The van der Waals surface area contributed by atoms with Crippen molar-refractivity contribution in [2.75, 3.05) is 19.0 Å². The zero-order chi connectivity index (χ0) is 18.6. The van der Waals surface area contributed by atoms with Crippen LogP contribution < -0.4 is 10.1 Å². The van der Waals surface area contributed by atoms with Crippen LogP contribution in [0.4, 0.5) is 10.1 Å². The van der Waals surface area contributed by atoms with E-state index in [9.17, 15) is 14.0 Å². The highest BCUT2D eigenvalue weighted by molar-refractivity contribution is 6.37. The maximum absolute atomic E-state index is 13.4. The summed E-state index contributed by atoms with van der Waals surface area (Å²) < 4.78 is 23.3. The predicted octanol–water partition coefficient (Wildman–Crippen LogP) is 4.25. The van der Waals surface area contributed by atoms with Gasteiger partial charge in [0.1, 0.15) is 5.82 Å². The number of carbonyl (C=O) groups excluding carboxylic acids is 2. The molecule has 132 valence electrons. The van der Waals surface area contributed by atoms with Crippen LogP contribution in [0.5, 0.6) is 5.75 Å². The lowest BCUT2D eigenvalue weighted by molar-refractivity contribution is -0.119. The smallest absolute Gasteiger partial charge is 0.338 e. The summed E-state index contributed by atoms with van der Waals surface area (Å²) in [6, 6.07) is 6.89. The van der Waals surface area contributed by atoms with Crippen LogP contribution in [0.3, 0.4) is 0 Å². The minimum Gasteiger partial charge on any atom is -0.494 e. The van der Waals surface area contributed by atoms with Crippen molar-refractivity contribution in [3.05, 3.63) is 57.3 Å². The number of anilines is 1. The number of halogens is 3. The van der Waals surface area contributed by atoms with Gasteiger partial charge in [-0.1, -0.05) is 29.3 Å². The van der Waals surface area contributed by atoms with E-state index < -0.39 is 24.3 Å². The van der Waals surface area contributed by atoms with E-state index in [1.165, 1.54) is 31.4 Å². The lowest BCUT2D eigenvalue weighted by atomic mass is 10.2. The molecule has 25 heavy (non-hydrogen) atoms. The van der Waals surface area contributed by atoms with Crippen LogP contribution in [0.15, 0.2) is 30.3 Å². The molecule has 2 aromatic rings. The number of esters is 1. The Labute approximate surface area is 153 Å². The molecule has 0 atom stereocenters. The number of rotatable bonds is 5. The summed E-state index contributed by atoms with van der Waals surface area (Å²) in [5.41, 5.74) is 0.794. The van der Waals surface area contributed by atoms with Crippen LogP contribution in [0.1, 0.15) is 15.9 Å². The minimum atomic E-state index is -0.781. The van der Waals surface area contributed by atoms with Gasteiger partial charge >= 0.3 is 5.97 Å². The number of hydrogen-bond acceptors (Lipinski definition) is 4. The molecule has 0 aromatic heterocycles. The maximum Gasteiger partial charge on any atom is 0.338 e. The fourth-order valence-corrected chi connectivity index (χ4v) is 2.60. The van der Waals surface area contributed by atoms with E-state index in [-0.39, 0.29) is 27.0 Å². The summed E-state index contributed by atoms with van der Waals surface area (Å²) in [7, 11) is 1.39. The molecular weight excluding hydrogens is 372 g/mol. The van der Waals surface area contributed by atoms with Crippen molar-refractivity contribution < 1.29 is 23.5 Å². The number of aryl methyl sites for hydroxylation is 1. The van der Waals surface area contributed by atoms with Gasteiger partial charge in [0.25, 0.3) is 5.91 Å². The van der Waals surface area contributed by atoms with Gasteiger partial charge in [-0.05, 0) is 36.8 Å². The van der Waals surface area contributed by atoms with Crippen molar-refractivity contribution in [3.63, 3.8) is 0 Å². The molecule has 0 fully saturated rings. The van der Waals surface area contributed by atoms with E-state index in [1.807, 2.05) is 0 Å². The van der Waals surface area contributed by atoms with Crippen LogP contribution in [-0.2, 0) is 9.53 Å². The fraction of sp³-hybridized carbons (Fsp3) is 0.176. The highest BCUT2D eigenvalue weighted by Crippen LogP contribution is 2.33. The lowest BCUT2D eigenvalue weighted by Crippen LogP contribution is -2.21. The second-order valence-corrected chi connectivity index (χ2v) is 5.88. The molecule has 0 spiro atoms. The van der Waals surface area contributed by atoms with E-state index in [2.05, 4.69) is 5.32 Å². The van der Waals surface area contributed by atoms with Gasteiger partial charge in [0.15, 0.2) is 12.4 Å². The molecule has 0 radical (unpaired) electrons. The molecule has 0 unspecified atom stereocenters. The van der Waals surface area contributed by atoms with Crippen molar-refractivity contribution in [1.82, 2.24) is 0 Å². The van der Waals surface area contributed by atoms with Crippen molar-refractivity contribution in [1.29, 1.82) is 0 Å². The first-order valence-electron chi connectivity index (χ1n) is 7.08. The molecule has 0 bridgehead atoms. The van der Waals surface area contributed by atoms with Gasteiger partial charge in [0, 0.05) is 5.69 Å². The number of carbonyl (C=O) groups is 2. The summed E-state index contributed by atoms with van der Waals surface area (Å²) in [4.78, 5) is 23.8. The van der Waals surface area contributed by atoms with Crippen LogP contribution in [0, 0.1) is 12.7 Å². The molecule has 1 amide bonds. The first-order chi connectivity index (χ1) is 11.8. The van der Waals surface area contributed by atoms with Gasteiger partial charge in [-0.3, -0.25) is 4.79 Å². The van der Waals surface area contributed by atoms with Gasteiger partial charge in [-0.25, -0.2) is 9.18 Å². The number of methoxy groups -OCH3 is 1. The number of amides is 1. The van der Waals surface area contributed by atoms with Gasteiger partial charge < -0.3 is 14.8 Å². The highest BCUT2D eigenvalue weighted by Gasteiger charge is 2.16. The Morgan fingerprint density at radius 3 is 2.36 bits per heavy atom. The normalized spacial score (nSPS) is 10.3. The zero-order valence-corrected chi connectivity index (χ0v) is 14.9. The largest absolute Gasteiger partial charge is 0.494 e. The van der Waals surface area contributed by atoms with Crippen LogP contribution >= 0.6 is 23.2 Å². The fourth-order valence-electron chi connectivity index (χ4n) is 1.95. The number of nitrogens with one attached hydrogen (secondary N) is 1. The summed E-state index contributed by atoms with van der Waals surface area (Å²) in [5.74, 6) is -1.60. The van der Waals surface area contributed by atoms with Crippen molar-refractivity contribution in [2.24, 2.45) is 0 Å². The Morgan fingerprint density at radius 2 is 1.80 bits per heavy atom. The standard InChI is InChI=1S/C17H14Cl2FNO4/c1-9-3-4-11(7-14(9)20)21-15(22)8-25-17(23)10-5-12(18)16(24-2)13(19)6-10/h3-7H,8H2,1-2H3,(H,21,22). The van der Waals surface area contributed by atoms with Crippen LogP contribution in [0.25, 0.3) is 0 Å². The topological polar surface area (TPSA) is 64.6 Å². The van der Waals surface area contributed by atoms with Gasteiger partial charge in [-0.15, -0.1) is 0 Å². The quantitative estimate of drug-likeness (QED) is 0.781. The molecule has 5 nitrogen and oxygen atoms in total. The molecule has 2 aromatic carbocycles. The zero-order valence-electron chi connectivity index (χ0n) is 13.4. The number of ether oxygens (including phenoxy) is 2. The summed E-state index contributed by atoms with van der Waals surface area (Å²) in [5, 5.41) is 2.71. The second-order valence-electron chi connectivity index (χ2n) is 5.06. The highest BCUT2D eigenvalue weighted by atomic mass is 35.5.